The van der Waals surface area contributed by atoms with E-state index in [0.717, 1.165) is 12.8 Å². The third-order valence-electron chi connectivity index (χ3n) is 1.45. The zero-order chi connectivity index (χ0) is 6.69. The SMILES string of the molecule is O=C(O)[C@@H]1CCC=NC1. The van der Waals surface area contributed by atoms with Crippen molar-refractivity contribution < 1.29 is 9.90 Å². The van der Waals surface area contributed by atoms with Crippen molar-refractivity contribution in [3.05, 3.63) is 0 Å². The second-order valence-electron chi connectivity index (χ2n) is 2.16. The van der Waals surface area contributed by atoms with Gasteiger partial charge >= 0.3 is 5.97 Å². The molecule has 0 saturated heterocycles. The van der Waals surface area contributed by atoms with Crippen molar-refractivity contribution in [3.8, 4) is 0 Å². The summed E-state index contributed by atoms with van der Waals surface area (Å²) in [5, 5.41) is 8.46. The van der Waals surface area contributed by atoms with E-state index in [1.807, 2.05) is 0 Å². The summed E-state index contributed by atoms with van der Waals surface area (Å²) in [7, 11) is 0. The second-order valence-corrected chi connectivity index (χ2v) is 2.16. The Morgan fingerprint density at radius 1 is 1.78 bits per heavy atom. The van der Waals surface area contributed by atoms with E-state index >= 15 is 0 Å². The van der Waals surface area contributed by atoms with E-state index in [9.17, 15) is 4.79 Å². The Hall–Kier alpha value is -0.860. The molecule has 0 saturated carbocycles. The molecule has 0 radical (unpaired) electrons. The van der Waals surface area contributed by atoms with Crippen molar-refractivity contribution in [2.75, 3.05) is 6.54 Å². The Kier molecular flexibility index (Phi) is 1.82. The predicted molar refractivity (Wildman–Crippen MR) is 33.7 cm³/mol. The molecular formula is C6H9NO2. The molecule has 1 aliphatic heterocycles. The Morgan fingerprint density at radius 2 is 2.56 bits per heavy atom. The highest BCUT2D eigenvalue weighted by molar-refractivity contribution is 5.72. The van der Waals surface area contributed by atoms with Crippen LogP contribution in [-0.4, -0.2) is 23.8 Å². The molecule has 1 aliphatic rings. The summed E-state index contributed by atoms with van der Waals surface area (Å²) in [5.41, 5.74) is 0. The fourth-order valence-electron chi connectivity index (χ4n) is 0.862. The Balaban J connectivity index is 2.44. The van der Waals surface area contributed by atoms with E-state index in [1.165, 1.54) is 0 Å². The van der Waals surface area contributed by atoms with Crippen molar-refractivity contribution in [3.63, 3.8) is 0 Å². The van der Waals surface area contributed by atoms with Crippen molar-refractivity contribution >= 4 is 12.2 Å². The lowest BCUT2D eigenvalue weighted by Crippen LogP contribution is -2.19. The monoisotopic (exact) mass is 127 g/mol. The maximum atomic E-state index is 10.3. The number of hydrogen-bond acceptors (Lipinski definition) is 2. The zero-order valence-corrected chi connectivity index (χ0v) is 5.08. The fraction of sp³-hybridized carbons (Fsp3) is 0.667. The summed E-state index contributed by atoms with van der Waals surface area (Å²) in [4.78, 5) is 14.2. The Labute approximate surface area is 53.4 Å². The van der Waals surface area contributed by atoms with Crippen molar-refractivity contribution in [1.82, 2.24) is 0 Å². The topological polar surface area (TPSA) is 49.7 Å². The Bertz CT molecular complexity index is 142. The molecule has 0 unspecified atom stereocenters. The van der Waals surface area contributed by atoms with Crippen LogP contribution >= 0.6 is 0 Å². The molecule has 1 rings (SSSR count). The number of nitrogens with zero attached hydrogens (tertiary/aromatic N) is 1. The minimum absolute atomic E-state index is 0.227. The van der Waals surface area contributed by atoms with Crippen LogP contribution in [0.3, 0.4) is 0 Å². The maximum absolute atomic E-state index is 10.3. The number of carboxylic acids is 1. The smallest absolute Gasteiger partial charge is 0.308 e. The van der Waals surface area contributed by atoms with Gasteiger partial charge in [0.1, 0.15) is 0 Å². The maximum Gasteiger partial charge on any atom is 0.308 e. The van der Waals surface area contributed by atoms with Crippen LogP contribution in [0.1, 0.15) is 12.8 Å². The summed E-state index contributed by atoms with van der Waals surface area (Å²) in [6, 6.07) is 0. The van der Waals surface area contributed by atoms with Crippen LogP contribution in [0.15, 0.2) is 4.99 Å². The number of hydrogen-bond donors (Lipinski definition) is 1. The number of aliphatic imine (C=N–C) groups is 1. The van der Waals surface area contributed by atoms with Gasteiger partial charge in [0.25, 0.3) is 0 Å². The highest BCUT2D eigenvalue weighted by Gasteiger charge is 2.17. The average Bonchev–Trinajstić information content (AvgIpc) is 1.90. The van der Waals surface area contributed by atoms with Gasteiger partial charge in [-0.2, -0.15) is 0 Å². The molecule has 0 amide bonds. The van der Waals surface area contributed by atoms with Crippen LogP contribution in [0, 0.1) is 5.92 Å². The van der Waals surface area contributed by atoms with Crippen molar-refractivity contribution in [1.29, 1.82) is 0 Å². The zero-order valence-electron chi connectivity index (χ0n) is 5.08. The van der Waals surface area contributed by atoms with Gasteiger partial charge in [-0.1, -0.05) is 0 Å². The standard InChI is InChI=1S/C6H9NO2/c8-6(9)5-2-1-3-7-4-5/h3,5H,1-2,4H2,(H,8,9)/t5-/m1/s1. The summed E-state index contributed by atoms with van der Waals surface area (Å²) >= 11 is 0. The number of aliphatic carboxylic acids is 1. The normalized spacial score (nSPS) is 26.0. The third-order valence-corrected chi connectivity index (χ3v) is 1.45. The van der Waals surface area contributed by atoms with Crippen LogP contribution in [0.2, 0.25) is 0 Å². The molecule has 9 heavy (non-hydrogen) atoms. The Morgan fingerprint density at radius 3 is 2.89 bits per heavy atom. The van der Waals surface area contributed by atoms with Crippen LogP contribution in [0.5, 0.6) is 0 Å². The van der Waals surface area contributed by atoms with Gasteiger partial charge < -0.3 is 5.11 Å². The van der Waals surface area contributed by atoms with E-state index in [0.29, 0.717) is 6.54 Å². The molecule has 0 aliphatic carbocycles. The van der Waals surface area contributed by atoms with Gasteiger partial charge in [-0.25, -0.2) is 0 Å². The molecule has 0 aromatic carbocycles. The molecule has 3 heteroatoms. The highest BCUT2D eigenvalue weighted by atomic mass is 16.4. The minimum Gasteiger partial charge on any atom is -0.481 e. The molecule has 0 aromatic heterocycles. The first-order chi connectivity index (χ1) is 4.30. The molecule has 1 heterocycles. The van der Waals surface area contributed by atoms with E-state index in [4.69, 9.17) is 5.11 Å². The minimum atomic E-state index is -0.716. The summed E-state index contributed by atoms with van der Waals surface area (Å²) in [6.07, 6.45) is 3.36. The number of carbonyl (C=O) groups is 1. The van der Waals surface area contributed by atoms with Gasteiger partial charge in [-0.05, 0) is 19.1 Å². The van der Waals surface area contributed by atoms with E-state index in [1.54, 1.807) is 6.21 Å². The van der Waals surface area contributed by atoms with Gasteiger partial charge in [0, 0.05) is 0 Å². The lowest BCUT2D eigenvalue weighted by Gasteiger charge is -2.10. The molecule has 1 atom stereocenters. The van der Waals surface area contributed by atoms with Gasteiger partial charge in [0.05, 0.1) is 12.5 Å². The summed E-state index contributed by atoms with van der Waals surface area (Å²) in [5.74, 6) is -0.943. The predicted octanol–water partition coefficient (Wildman–Crippen LogP) is 0.552. The highest BCUT2D eigenvalue weighted by Crippen LogP contribution is 2.09. The lowest BCUT2D eigenvalue weighted by molar-refractivity contribution is -0.141. The third kappa shape index (κ3) is 1.52. The summed E-state index contributed by atoms with van der Waals surface area (Å²) in [6.45, 7) is 0.468. The quantitative estimate of drug-likeness (QED) is 0.559. The van der Waals surface area contributed by atoms with Gasteiger partial charge in [-0.15, -0.1) is 0 Å². The second kappa shape index (κ2) is 2.62. The largest absolute Gasteiger partial charge is 0.481 e. The molecule has 0 aromatic rings. The molecule has 50 valence electrons. The molecular weight excluding hydrogens is 118 g/mol. The molecule has 0 fully saturated rings. The lowest BCUT2D eigenvalue weighted by atomic mass is 10.0. The molecule has 1 N–H and O–H groups in total. The van der Waals surface area contributed by atoms with Crippen molar-refractivity contribution in [2.24, 2.45) is 10.9 Å². The fourth-order valence-corrected chi connectivity index (χ4v) is 0.862. The van der Waals surface area contributed by atoms with Crippen LogP contribution < -0.4 is 0 Å². The van der Waals surface area contributed by atoms with Crippen LogP contribution in [0.25, 0.3) is 0 Å². The van der Waals surface area contributed by atoms with Gasteiger partial charge in [0.15, 0.2) is 0 Å². The van der Waals surface area contributed by atoms with Crippen LogP contribution in [-0.2, 0) is 4.79 Å². The summed E-state index contributed by atoms with van der Waals surface area (Å²) < 4.78 is 0. The van der Waals surface area contributed by atoms with Gasteiger partial charge in [-0.3, -0.25) is 9.79 Å². The van der Waals surface area contributed by atoms with Gasteiger partial charge in [0.2, 0.25) is 0 Å². The average molecular weight is 127 g/mol. The number of rotatable bonds is 1. The van der Waals surface area contributed by atoms with E-state index in [2.05, 4.69) is 4.99 Å². The molecule has 0 spiro atoms. The molecule has 3 nitrogen and oxygen atoms in total. The first-order valence-electron chi connectivity index (χ1n) is 3.02. The first-order valence-corrected chi connectivity index (χ1v) is 3.02. The van der Waals surface area contributed by atoms with E-state index < -0.39 is 5.97 Å². The molecule has 0 bridgehead atoms. The van der Waals surface area contributed by atoms with Crippen LogP contribution in [0.4, 0.5) is 0 Å². The first kappa shape index (κ1) is 6.26. The van der Waals surface area contributed by atoms with Crippen molar-refractivity contribution in [2.45, 2.75) is 12.8 Å². The van der Waals surface area contributed by atoms with E-state index in [-0.39, 0.29) is 5.92 Å². The number of carboxylic acid groups (broad SMARTS) is 1.